The highest BCUT2D eigenvalue weighted by Crippen LogP contribution is 2.27. The Morgan fingerprint density at radius 3 is 2.67 bits per heavy atom. The van der Waals surface area contributed by atoms with E-state index in [2.05, 4.69) is 43.5 Å². The molecule has 1 unspecified atom stereocenters. The molecule has 1 rings (SSSR count). The summed E-state index contributed by atoms with van der Waals surface area (Å²) in [6, 6.07) is 0.265. The standard InChI is InChI=1S/C12H21BrN4O/c1-4-6-9(7-18-3)17-12-10(13)11(14-5-2)15-8-16-12/h8-9H,4-7H2,1-3H3,(H2,14,15,16,17). The first-order valence-electron chi connectivity index (χ1n) is 6.22. The van der Waals surface area contributed by atoms with Gasteiger partial charge in [-0.3, -0.25) is 0 Å². The van der Waals surface area contributed by atoms with Crippen LogP contribution in [0.3, 0.4) is 0 Å². The predicted molar refractivity (Wildman–Crippen MR) is 78.1 cm³/mol. The Hall–Kier alpha value is -0.880. The maximum Gasteiger partial charge on any atom is 0.146 e. The quantitative estimate of drug-likeness (QED) is 0.772. The summed E-state index contributed by atoms with van der Waals surface area (Å²) in [5.41, 5.74) is 0. The van der Waals surface area contributed by atoms with Crippen molar-refractivity contribution in [3.63, 3.8) is 0 Å². The van der Waals surface area contributed by atoms with Crippen LogP contribution in [0.15, 0.2) is 10.8 Å². The fourth-order valence-electron chi connectivity index (χ4n) is 1.70. The molecular weight excluding hydrogens is 296 g/mol. The molecule has 102 valence electrons. The first-order valence-corrected chi connectivity index (χ1v) is 7.02. The maximum atomic E-state index is 5.21. The van der Waals surface area contributed by atoms with E-state index in [1.807, 2.05) is 6.92 Å². The van der Waals surface area contributed by atoms with Crippen LogP contribution in [0.4, 0.5) is 11.6 Å². The summed E-state index contributed by atoms with van der Waals surface area (Å²) in [6.45, 7) is 5.68. The molecule has 1 heterocycles. The molecule has 0 spiro atoms. The molecule has 18 heavy (non-hydrogen) atoms. The van der Waals surface area contributed by atoms with Crippen LogP contribution in [0, 0.1) is 0 Å². The minimum Gasteiger partial charge on any atom is -0.383 e. The zero-order valence-electron chi connectivity index (χ0n) is 11.2. The number of halogens is 1. The van der Waals surface area contributed by atoms with Crippen molar-refractivity contribution in [3.05, 3.63) is 10.8 Å². The summed E-state index contributed by atoms with van der Waals surface area (Å²) >= 11 is 3.52. The van der Waals surface area contributed by atoms with Crippen molar-refractivity contribution >= 4 is 27.6 Å². The zero-order valence-corrected chi connectivity index (χ0v) is 12.7. The van der Waals surface area contributed by atoms with E-state index in [0.717, 1.165) is 35.5 Å². The van der Waals surface area contributed by atoms with Gasteiger partial charge in [0.1, 0.15) is 22.4 Å². The van der Waals surface area contributed by atoms with Gasteiger partial charge >= 0.3 is 0 Å². The zero-order chi connectivity index (χ0) is 13.4. The molecule has 1 atom stereocenters. The Morgan fingerprint density at radius 2 is 2.06 bits per heavy atom. The molecular formula is C12H21BrN4O. The molecule has 0 saturated heterocycles. The molecule has 6 heteroatoms. The average Bonchev–Trinajstić information content (AvgIpc) is 2.35. The predicted octanol–water partition coefficient (Wildman–Crippen LogP) is 2.90. The molecule has 0 aromatic carbocycles. The fourth-order valence-corrected chi connectivity index (χ4v) is 2.16. The highest BCUT2D eigenvalue weighted by atomic mass is 79.9. The van der Waals surface area contributed by atoms with Crippen LogP contribution in [0.1, 0.15) is 26.7 Å². The minimum atomic E-state index is 0.265. The van der Waals surface area contributed by atoms with Gasteiger partial charge in [0.25, 0.3) is 0 Å². The third-order valence-corrected chi connectivity index (χ3v) is 3.23. The molecule has 0 saturated carbocycles. The number of ether oxygens (including phenoxy) is 1. The van der Waals surface area contributed by atoms with Crippen LogP contribution in [0.5, 0.6) is 0 Å². The fraction of sp³-hybridized carbons (Fsp3) is 0.667. The summed E-state index contributed by atoms with van der Waals surface area (Å²) in [4.78, 5) is 8.45. The van der Waals surface area contributed by atoms with E-state index in [0.29, 0.717) is 6.61 Å². The van der Waals surface area contributed by atoms with Crippen LogP contribution >= 0.6 is 15.9 Å². The van der Waals surface area contributed by atoms with Gasteiger partial charge < -0.3 is 15.4 Å². The molecule has 5 nitrogen and oxygen atoms in total. The largest absolute Gasteiger partial charge is 0.383 e. The Bertz CT molecular complexity index is 356. The molecule has 0 aliphatic rings. The third-order valence-electron chi connectivity index (χ3n) is 2.48. The molecule has 0 bridgehead atoms. The molecule has 0 aliphatic carbocycles. The maximum absolute atomic E-state index is 5.21. The molecule has 2 N–H and O–H groups in total. The SMILES string of the molecule is CCCC(COC)Nc1ncnc(NCC)c1Br. The van der Waals surface area contributed by atoms with E-state index in [4.69, 9.17) is 4.74 Å². The smallest absolute Gasteiger partial charge is 0.146 e. The minimum absolute atomic E-state index is 0.265. The lowest BCUT2D eigenvalue weighted by molar-refractivity contribution is 0.182. The highest BCUT2D eigenvalue weighted by Gasteiger charge is 2.13. The van der Waals surface area contributed by atoms with Crippen molar-refractivity contribution < 1.29 is 4.74 Å². The monoisotopic (exact) mass is 316 g/mol. The molecule has 1 aromatic heterocycles. The number of methoxy groups -OCH3 is 1. The number of hydrogen-bond acceptors (Lipinski definition) is 5. The lowest BCUT2D eigenvalue weighted by Crippen LogP contribution is -2.25. The van der Waals surface area contributed by atoms with Gasteiger partial charge in [-0.2, -0.15) is 0 Å². The van der Waals surface area contributed by atoms with Crippen LogP contribution in [-0.2, 0) is 4.74 Å². The van der Waals surface area contributed by atoms with E-state index >= 15 is 0 Å². The topological polar surface area (TPSA) is 59.1 Å². The van der Waals surface area contributed by atoms with Gasteiger partial charge in [0.05, 0.1) is 12.6 Å². The van der Waals surface area contributed by atoms with Crippen molar-refractivity contribution in [1.29, 1.82) is 0 Å². The average molecular weight is 317 g/mol. The number of hydrogen-bond donors (Lipinski definition) is 2. The number of rotatable bonds is 8. The van der Waals surface area contributed by atoms with E-state index < -0.39 is 0 Å². The Kier molecular flexibility index (Phi) is 6.97. The van der Waals surface area contributed by atoms with Gasteiger partial charge in [-0.05, 0) is 29.3 Å². The van der Waals surface area contributed by atoms with Gasteiger partial charge in [-0.15, -0.1) is 0 Å². The van der Waals surface area contributed by atoms with Gasteiger partial charge in [-0.25, -0.2) is 9.97 Å². The summed E-state index contributed by atoms with van der Waals surface area (Å²) in [7, 11) is 1.71. The second-order valence-corrected chi connectivity index (χ2v) is 4.79. The summed E-state index contributed by atoms with van der Waals surface area (Å²) in [5, 5.41) is 6.57. The molecule has 0 fully saturated rings. The van der Waals surface area contributed by atoms with E-state index in [1.54, 1.807) is 13.4 Å². The van der Waals surface area contributed by atoms with Crippen LogP contribution in [0.2, 0.25) is 0 Å². The number of anilines is 2. The number of nitrogens with one attached hydrogen (secondary N) is 2. The first-order chi connectivity index (χ1) is 8.72. The Morgan fingerprint density at radius 1 is 1.33 bits per heavy atom. The van der Waals surface area contributed by atoms with Crippen molar-refractivity contribution in [2.75, 3.05) is 30.9 Å². The third kappa shape index (κ3) is 4.42. The second kappa shape index (κ2) is 8.26. The van der Waals surface area contributed by atoms with Crippen molar-refractivity contribution in [2.45, 2.75) is 32.7 Å². The van der Waals surface area contributed by atoms with Gasteiger partial charge in [-0.1, -0.05) is 13.3 Å². The normalized spacial score (nSPS) is 12.2. The lowest BCUT2D eigenvalue weighted by atomic mass is 10.2. The Labute approximate surface area is 117 Å². The summed E-state index contributed by atoms with van der Waals surface area (Å²) in [6.07, 6.45) is 3.70. The van der Waals surface area contributed by atoms with Gasteiger partial charge in [0.2, 0.25) is 0 Å². The van der Waals surface area contributed by atoms with E-state index in [1.165, 1.54) is 0 Å². The van der Waals surface area contributed by atoms with Crippen molar-refractivity contribution in [3.8, 4) is 0 Å². The van der Waals surface area contributed by atoms with Crippen LogP contribution < -0.4 is 10.6 Å². The first kappa shape index (κ1) is 15.2. The van der Waals surface area contributed by atoms with E-state index in [9.17, 15) is 0 Å². The summed E-state index contributed by atoms with van der Waals surface area (Å²) < 4.78 is 6.07. The van der Waals surface area contributed by atoms with E-state index in [-0.39, 0.29) is 6.04 Å². The number of aromatic nitrogens is 2. The van der Waals surface area contributed by atoms with Crippen LogP contribution in [0.25, 0.3) is 0 Å². The van der Waals surface area contributed by atoms with Gasteiger partial charge in [0.15, 0.2) is 0 Å². The number of nitrogens with zero attached hydrogens (tertiary/aromatic N) is 2. The second-order valence-electron chi connectivity index (χ2n) is 4.00. The lowest BCUT2D eigenvalue weighted by Gasteiger charge is -2.19. The van der Waals surface area contributed by atoms with Crippen LogP contribution in [-0.4, -0.2) is 36.3 Å². The molecule has 0 amide bonds. The van der Waals surface area contributed by atoms with Gasteiger partial charge in [0, 0.05) is 13.7 Å². The van der Waals surface area contributed by atoms with Crippen molar-refractivity contribution in [1.82, 2.24) is 9.97 Å². The molecule has 0 aliphatic heterocycles. The molecule has 0 radical (unpaired) electrons. The Balaban J connectivity index is 2.78. The highest BCUT2D eigenvalue weighted by molar-refractivity contribution is 9.10. The van der Waals surface area contributed by atoms with Crippen molar-refractivity contribution in [2.24, 2.45) is 0 Å². The summed E-state index contributed by atoms with van der Waals surface area (Å²) in [5.74, 6) is 1.61. The molecule has 1 aromatic rings.